The molecule has 114 valence electrons. The zero-order valence-corrected chi connectivity index (χ0v) is 11.7. The highest BCUT2D eigenvalue weighted by molar-refractivity contribution is 5.85. The third-order valence-corrected chi connectivity index (χ3v) is 3.60. The first-order valence-corrected chi connectivity index (χ1v) is 6.97. The van der Waals surface area contributed by atoms with E-state index in [1.54, 1.807) is 6.07 Å². The Bertz CT molecular complexity index is 529. The summed E-state index contributed by atoms with van der Waals surface area (Å²) in [6.45, 7) is 0.0653. The molecule has 0 saturated heterocycles. The zero-order valence-electron chi connectivity index (χ0n) is 11.7. The largest absolute Gasteiger partial charge is 0.388 e. The van der Waals surface area contributed by atoms with Gasteiger partial charge in [0, 0.05) is 6.54 Å². The molecule has 0 atom stereocenters. The van der Waals surface area contributed by atoms with Crippen molar-refractivity contribution in [3.63, 3.8) is 0 Å². The van der Waals surface area contributed by atoms with Crippen molar-refractivity contribution in [2.45, 2.75) is 31.3 Å². The van der Waals surface area contributed by atoms with Gasteiger partial charge in [-0.1, -0.05) is 12.1 Å². The molecule has 0 bridgehead atoms. The molecular formula is C15H19FN2O3. The molecule has 1 aliphatic carbocycles. The summed E-state index contributed by atoms with van der Waals surface area (Å²) < 4.78 is 13.0. The number of aliphatic hydroxyl groups is 1. The molecule has 2 rings (SSSR count). The molecule has 1 aromatic rings. The fourth-order valence-corrected chi connectivity index (χ4v) is 2.16. The van der Waals surface area contributed by atoms with Gasteiger partial charge < -0.3 is 15.7 Å². The number of rotatable bonds is 6. The Morgan fingerprint density at radius 2 is 2.00 bits per heavy atom. The first-order chi connectivity index (χ1) is 9.97. The number of amides is 2. The van der Waals surface area contributed by atoms with Crippen LogP contribution in [0.4, 0.5) is 4.39 Å². The van der Waals surface area contributed by atoms with Crippen molar-refractivity contribution in [1.82, 2.24) is 10.6 Å². The molecule has 1 fully saturated rings. The van der Waals surface area contributed by atoms with Crippen LogP contribution in [-0.2, 0) is 16.0 Å². The lowest BCUT2D eigenvalue weighted by Gasteiger charge is -2.36. The van der Waals surface area contributed by atoms with Gasteiger partial charge in [-0.2, -0.15) is 0 Å². The van der Waals surface area contributed by atoms with Gasteiger partial charge in [0.1, 0.15) is 5.82 Å². The quantitative estimate of drug-likeness (QED) is 0.715. The zero-order chi connectivity index (χ0) is 15.3. The lowest BCUT2D eigenvalue weighted by Crippen LogP contribution is -2.49. The molecule has 1 saturated carbocycles. The number of hydrogen-bond donors (Lipinski definition) is 3. The minimum Gasteiger partial charge on any atom is -0.388 e. The number of hydrogen-bond acceptors (Lipinski definition) is 3. The molecule has 0 spiro atoms. The summed E-state index contributed by atoms with van der Waals surface area (Å²) in [7, 11) is 0. The Kier molecular flexibility index (Phi) is 4.90. The highest BCUT2D eigenvalue weighted by Crippen LogP contribution is 2.30. The molecule has 0 unspecified atom stereocenters. The van der Waals surface area contributed by atoms with E-state index in [0.717, 1.165) is 6.42 Å². The van der Waals surface area contributed by atoms with Gasteiger partial charge in [0.25, 0.3) is 0 Å². The Morgan fingerprint density at radius 3 is 2.62 bits per heavy atom. The molecule has 3 N–H and O–H groups in total. The number of carbonyl (C=O) groups is 2. The normalized spacial score (nSPS) is 15.9. The molecule has 0 radical (unpaired) electrons. The van der Waals surface area contributed by atoms with E-state index < -0.39 is 11.4 Å². The average Bonchev–Trinajstić information content (AvgIpc) is 2.41. The van der Waals surface area contributed by atoms with E-state index in [0.29, 0.717) is 18.4 Å². The maximum atomic E-state index is 13.0. The third-order valence-electron chi connectivity index (χ3n) is 3.60. The number of nitrogens with one attached hydrogen (secondary N) is 2. The molecule has 1 aromatic carbocycles. The van der Waals surface area contributed by atoms with Crippen LogP contribution in [0.3, 0.4) is 0 Å². The van der Waals surface area contributed by atoms with Crippen LogP contribution >= 0.6 is 0 Å². The van der Waals surface area contributed by atoms with Gasteiger partial charge in [0.2, 0.25) is 11.8 Å². The summed E-state index contributed by atoms with van der Waals surface area (Å²) in [6, 6.07) is 5.77. The fourth-order valence-electron chi connectivity index (χ4n) is 2.16. The van der Waals surface area contributed by atoms with Crippen LogP contribution in [0, 0.1) is 5.82 Å². The molecule has 5 nitrogen and oxygen atoms in total. The minimum atomic E-state index is -0.777. The van der Waals surface area contributed by atoms with Crippen molar-refractivity contribution in [2.24, 2.45) is 0 Å². The molecule has 1 aliphatic rings. The molecule has 0 aromatic heterocycles. The Labute approximate surface area is 122 Å². The van der Waals surface area contributed by atoms with E-state index in [2.05, 4.69) is 10.6 Å². The van der Waals surface area contributed by atoms with Crippen molar-refractivity contribution in [3.05, 3.63) is 35.6 Å². The smallest absolute Gasteiger partial charge is 0.239 e. The maximum absolute atomic E-state index is 13.0. The summed E-state index contributed by atoms with van der Waals surface area (Å²) in [4.78, 5) is 23.2. The second-order valence-corrected chi connectivity index (χ2v) is 5.44. The van der Waals surface area contributed by atoms with Gasteiger partial charge in [0.15, 0.2) is 0 Å². The second kappa shape index (κ2) is 6.67. The first-order valence-electron chi connectivity index (χ1n) is 6.97. The van der Waals surface area contributed by atoms with E-state index >= 15 is 0 Å². The minimum absolute atomic E-state index is 0.0228. The third kappa shape index (κ3) is 4.82. The van der Waals surface area contributed by atoms with Crippen LogP contribution in [0.25, 0.3) is 0 Å². The first kappa shape index (κ1) is 15.4. The van der Waals surface area contributed by atoms with Crippen LogP contribution in [0.1, 0.15) is 24.8 Å². The van der Waals surface area contributed by atoms with E-state index in [-0.39, 0.29) is 31.3 Å². The lowest BCUT2D eigenvalue weighted by atomic mass is 9.80. The molecule has 0 heterocycles. The molecule has 0 aliphatic heterocycles. The molecular weight excluding hydrogens is 275 g/mol. The van der Waals surface area contributed by atoms with E-state index in [1.165, 1.54) is 18.2 Å². The van der Waals surface area contributed by atoms with Crippen LogP contribution in [0.5, 0.6) is 0 Å². The number of benzene rings is 1. The second-order valence-electron chi connectivity index (χ2n) is 5.44. The van der Waals surface area contributed by atoms with Gasteiger partial charge in [-0.05, 0) is 37.0 Å². The summed E-state index contributed by atoms with van der Waals surface area (Å²) in [5.74, 6) is -1.09. The van der Waals surface area contributed by atoms with Gasteiger partial charge in [-0.15, -0.1) is 0 Å². The maximum Gasteiger partial charge on any atom is 0.239 e. The standard InChI is InChI=1S/C15H19FN2O3/c16-12-4-1-3-11(7-12)8-13(19)17-9-14(20)18-10-15(21)5-2-6-15/h1,3-4,7,21H,2,5-6,8-10H2,(H,17,19)(H,18,20). The summed E-state index contributed by atoms with van der Waals surface area (Å²) in [5.41, 5.74) is -0.224. The van der Waals surface area contributed by atoms with E-state index in [1.807, 2.05) is 0 Å². The Morgan fingerprint density at radius 1 is 1.24 bits per heavy atom. The van der Waals surface area contributed by atoms with Gasteiger partial charge in [-0.3, -0.25) is 9.59 Å². The number of carbonyl (C=O) groups excluding carboxylic acids is 2. The van der Waals surface area contributed by atoms with Crippen molar-refractivity contribution in [2.75, 3.05) is 13.1 Å². The van der Waals surface area contributed by atoms with Crippen LogP contribution in [-0.4, -0.2) is 35.6 Å². The van der Waals surface area contributed by atoms with E-state index in [4.69, 9.17) is 0 Å². The van der Waals surface area contributed by atoms with Crippen LogP contribution < -0.4 is 10.6 Å². The predicted molar refractivity (Wildman–Crippen MR) is 74.9 cm³/mol. The van der Waals surface area contributed by atoms with Gasteiger partial charge in [0.05, 0.1) is 18.6 Å². The van der Waals surface area contributed by atoms with E-state index in [9.17, 15) is 19.1 Å². The lowest BCUT2D eigenvalue weighted by molar-refractivity contribution is -0.127. The fraction of sp³-hybridized carbons (Fsp3) is 0.467. The Hall–Kier alpha value is -1.95. The highest BCUT2D eigenvalue weighted by atomic mass is 19.1. The topological polar surface area (TPSA) is 78.4 Å². The molecule has 2 amide bonds. The predicted octanol–water partition coefficient (Wildman–Crippen LogP) is 0.516. The molecule has 6 heteroatoms. The van der Waals surface area contributed by atoms with Crippen molar-refractivity contribution < 1.29 is 19.1 Å². The van der Waals surface area contributed by atoms with Gasteiger partial charge in [-0.25, -0.2) is 4.39 Å². The number of halogens is 1. The van der Waals surface area contributed by atoms with Crippen molar-refractivity contribution >= 4 is 11.8 Å². The summed E-state index contributed by atoms with van der Waals surface area (Å²) >= 11 is 0. The monoisotopic (exact) mass is 294 g/mol. The average molecular weight is 294 g/mol. The SMILES string of the molecule is O=C(CNC(=O)Cc1cccc(F)c1)NCC1(O)CCC1. The van der Waals surface area contributed by atoms with Crippen molar-refractivity contribution in [3.8, 4) is 0 Å². The highest BCUT2D eigenvalue weighted by Gasteiger charge is 2.34. The summed E-state index contributed by atoms with van der Waals surface area (Å²) in [6.07, 6.45) is 2.38. The molecule has 21 heavy (non-hydrogen) atoms. The Balaban J connectivity index is 1.67. The van der Waals surface area contributed by atoms with Gasteiger partial charge >= 0.3 is 0 Å². The summed E-state index contributed by atoms with van der Waals surface area (Å²) in [5, 5.41) is 14.9. The van der Waals surface area contributed by atoms with Crippen LogP contribution in [0.2, 0.25) is 0 Å². The van der Waals surface area contributed by atoms with Crippen molar-refractivity contribution in [1.29, 1.82) is 0 Å². The van der Waals surface area contributed by atoms with Crippen LogP contribution in [0.15, 0.2) is 24.3 Å².